The van der Waals surface area contributed by atoms with Crippen LogP contribution in [0.4, 0.5) is 0 Å². The first-order chi connectivity index (χ1) is 10.3. The fourth-order valence-electron chi connectivity index (χ4n) is 3.05. The summed E-state index contributed by atoms with van der Waals surface area (Å²) in [5.41, 5.74) is 1.60. The third kappa shape index (κ3) is 3.38. The van der Waals surface area contributed by atoms with E-state index in [4.69, 9.17) is 0 Å². The Balaban J connectivity index is 1.81. The molecule has 1 atom stereocenters. The number of hydrogen-bond donors (Lipinski definition) is 1. The van der Waals surface area contributed by atoms with Gasteiger partial charge in [-0.15, -0.1) is 11.3 Å². The lowest BCUT2D eigenvalue weighted by Crippen LogP contribution is -2.24. The Bertz CT molecular complexity index is 561. The van der Waals surface area contributed by atoms with Crippen LogP contribution in [0.15, 0.2) is 18.5 Å². The van der Waals surface area contributed by atoms with Gasteiger partial charge in [-0.1, -0.05) is 6.92 Å². The number of aromatic nitrogens is 2. The van der Waals surface area contributed by atoms with Gasteiger partial charge in [0.15, 0.2) is 0 Å². The van der Waals surface area contributed by atoms with Crippen LogP contribution in [0.25, 0.3) is 0 Å². The number of hydrogen-bond acceptors (Lipinski definition) is 3. The van der Waals surface area contributed by atoms with Gasteiger partial charge in [-0.05, 0) is 50.3 Å². The summed E-state index contributed by atoms with van der Waals surface area (Å²) in [7, 11) is 2.08. The number of rotatable bonds is 6. The molecule has 114 valence electrons. The van der Waals surface area contributed by atoms with Gasteiger partial charge >= 0.3 is 0 Å². The van der Waals surface area contributed by atoms with Crippen molar-refractivity contribution in [2.45, 2.75) is 51.5 Å². The Morgan fingerprint density at radius 3 is 2.95 bits per heavy atom. The molecule has 0 saturated carbocycles. The molecule has 1 unspecified atom stereocenters. The summed E-state index contributed by atoms with van der Waals surface area (Å²) >= 11 is 2.02. The van der Waals surface area contributed by atoms with Gasteiger partial charge in [0.2, 0.25) is 0 Å². The standard InChI is InChI=1S/C17H25N3S/c1-3-8-18-14(12-17-19-9-10-20(17)2)16-11-13-6-4-5-7-15(13)21-16/h9-11,14,18H,3-8,12H2,1-2H3. The second kappa shape index (κ2) is 6.75. The van der Waals surface area contributed by atoms with Gasteiger partial charge in [0.25, 0.3) is 0 Å². The van der Waals surface area contributed by atoms with E-state index in [1.165, 1.54) is 37.0 Å². The molecule has 2 aromatic heterocycles. The smallest absolute Gasteiger partial charge is 0.110 e. The third-order valence-corrected chi connectivity index (χ3v) is 5.66. The van der Waals surface area contributed by atoms with E-state index in [1.807, 2.05) is 23.7 Å². The molecule has 21 heavy (non-hydrogen) atoms. The van der Waals surface area contributed by atoms with Gasteiger partial charge in [0, 0.05) is 41.7 Å². The van der Waals surface area contributed by atoms with Crippen molar-refractivity contribution in [1.29, 1.82) is 0 Å². The zero-order valence-corrected chi connectivity index (χ0v) is 13.9. The zero-order valence-electron chi connectivity index (χ0n) is 13.1. The fourth-order valence-corrected chi connectivity index (χ4v) is 4.39. The Morgan fingerprint density at radius 1 is 1.38 bits per heavy atom. The van der Waals surface area contributed by atoms with Crippen molar-refractivity contribution in [1.82, 2.24) is 14.9 Å². The van der Waals surface area contributed by atoms with Gasteiger partial charge in [0.05, 0.1) is 0 Å². The number of nitrogens with one attached hydrogen (secondary N) is 1. The molecular weight excluding hydrogens is 278 g/mol. The first-order valence-corrected chi connectivity index (χ1v) is 8.90. The van der Waals surface area contributed by atoms with Crippen LogP contribution in [0, 0.1) is 0 Å². The first kappa shape index (κ1) is 14.8. The second-order valence-corrected chi connectivity index (χ2v) is 7.14. The van der Waals surface area contributed by atoms with Gasteiger partial charge in [0.1, 0.15) is 5.82 Å². The van der Waals surface area contributed by atoms with Crippen LogP contribution in [0.2, 0.25) is 0 Å². The molecule has 0 fully saturated rings. The molecule has 2 heterocycles. The van der Waals surface area contributed by atoms with Crippen LogP contribution < -0.4 is 5.32 Å². The predicted octanol–water partition coefficient (Wildman–Crippen LogP) is 3.64. The Kier molecular flexibility index (Phi) is 4.76. The molecule has 4 heteroatoms. The van der Waals surface area contributed by atoms with Crippen molar-refractivity contribution in [3.8, 4) is 0 Å². The Labute approximate surface area is 131 Å². The van der Waals surface area contributed by atoms with Crippen LogP contribution in [0.1, 0.15) is 53.4 Å². The van der Waals surface area contributed by atoms with E-state index < -0.39 is 0 Å². The molecule has 0 aliphatic heterocycles. The molecule has 0 amide bonds. The van der Waals surface area contributed by atoms with Crippen molar-refractivity contribution < 1.29 is 0 Å². The number of thiophene rings is 1. The van der Waals surface area contributed by atoms with Gasteiger partial charge in [-0.3, -0.25) is 0 Å². The fraction of sp³-hybridized carbons (Fsp3) is 0.588. The highest BCUT2D eigenvalue weighted by molar-refractivity contribution is 7.12. The number of imidazole rings is 1. The second-order valence-electron chi connectivity index (χ2n) is 5.97. The van der Waals surface area contributed by atoms with E-state index in [-0.39, 0.29) is 0 Å². The Morgan fingerprint density at radius 2 is 2.24 bits per heavy atom. The molecule has 1 N–H and O–H groups in total. The summed E-state index contributed by atoms with van der Waals surface area (Å²) in [5, 5.41) is 3.72. The van der Waals surface area contributed by atoms with Crippen LogP contribution in [0.5, 0.6) is 0 Å². The molecule has 1 aliphatic carbocycles. The van der Waals surface area contributed by atoms with E-state index in [0.717, 1.165) is 18.8 Å². The van der Waals surface area contributed by atoms with Crippen LogP contribution >= 0.6 is 11.3 Å². The Hall–Kier alpha value is -1.13. The molecule has 0 radical (unpaired) electrons. The van der Waals surface area contributed by atoms with Gasteiger partial charge < -0.3 is 9.88 Å². The topological polar surface area (TPSA) is 29.9 Å². The average Bonchev–Trinajstić information content (AvgIpc) is 3.09. The normalized spacial score (nSPS) is 15.9. The van der Waals surface area contributed by atoms with Crippen molar-refractivity contribution in [3.05, 3.63) is 39.6 Å². The number of aryl methyl sites for hydroxylation is 3. The maximum atomic E-state index is 4.50. The van der Waals surface area contributed by atoms with Crippen molar-refractivity contribution >= 4 is 11.3 Å². The summed E-state index contributed by atoms with van der Waals surface area (Å²) in [6.45, 7) is 3.29. The lowest BCUT2D eigenvalue weighted by molar-refractivity contribution is 0.518. The highest BCUT2D eigenvalue weighted by Crippen LogP contribution is 2.33. The minimum Gasteiger partial charge on any atom is -0.338 e. The lowest BCUT2D eigenvalue weighted by atomic mass is 9.98. The van der Waals surface area contributed by atoms with Crippen molar-refractivity contribution in [2.24, 2.45) is 7.05 Å². The summed E-state index contributed by atoms with van der Waals surface area (Å²) in [6, 6.07) is 2.86. The summed E-state index contributed by atoms with van der Waals surface area (Å²) in [5.74, 6) is 1.16. The highest BCUT2D eigenvalue weighted by Gasteiger charge is 2.20. The maximum Gasteiger partial charge on any atom is 0.110 e. The zero-order chi connectivity index (χ0) is 14.7. The highest BCUT2D eigenvalue weighted by atomic mass is 32.1. The number of fused-ring (bicyclic) bond motifs is 1. The summed E-state index contributed by atoms with van der Waals surface area (Å²) < 4.78 is 2.13. The molecule has 2 aromatic rings. The molecule has 1 aliphatic rings. The van der Waals surface area contributed by atoms with Crippen molar-refractivity contribution in [3.63, 3.8) is 0 Å². The van der Waals surface area contributed by atoms with Gasteiger partial charge in [-0.2, -0.15) is 0 Å². The molecular formula is C17H25N3S. The third-order valence-electron chi connectivity index (χ3n) is 4.31. The molecule has 0 saturated heterocycles. The quantitative estimate of drug-likeness (QED) is 0.883. The summed E-state index contributed by atoms with van der Waals surface area (Å²) in [4.78, 5) is 7.62. The summed E-state index contributed by atoms with van der Waals surface area (Å²) in [6.07, 6.45) is 11.3. The van der Waals surface area contributed by atoms with Gasteiger partial charge in [-0.25, -0.2) is 4.98 Å². The molecule has 3 rings (SSSR count). The maximum absolute atomic E-state index is 4.50. The minimum absolute atomic E-state index is 0.404. The van der Waals surface area contributed by atoms with Crippen LogP contribution in [-0.4, -0.2) is 16.1 Å². The van der Waals surface area contributed by atoms with Crippen LogP contribution in [0.3, 0.4) is 0 Å². The van der Waals surface area contributed by atoms with Crippen molar-refractivity contribution in [2.75, 3.05) is 6.54 Å². The van der Waals surface area contributed by atoms with E-state index in [2.05, 4.69) is 34.9 Å². The minimum atomic E-state index is 0.404. The SMILES string of the molecule is CCCNC(Cc1nccn1C)c1cc2c(s1)CCCC2. The predicted molar refractivity (Wildman–Crippen MR) is 88.9 cm³/mol. The van der Waals surface area contributed by atoms with E-state index in [9.17, 15) is 0 Å². The van der Waals surface area contributed by atoms with E-state index >= 15 is 0 Å². The monoisotopic (exact) mass is 303 g/mol. The molecule has 0 spiro atoms. The number of nitrogens with zero attached hydrogens (tertiary/aromatic N) is 2. The largest absolute Gasteiger partial charge is 0.338 e. The first-order valence-electron chi connectivity index (χ1n) is 8.09. The lowest BCUT2D eigenvalue weighted by Gasteiger charge is -2.17. The molecule has 3 nitrogen and oxygen atoms in total. The van der Waals surface area contributed by atoms with Crippen LogP contribution in [-0.2, 0) is 26.3 Å². The molecule has 0 aromatic carbocycles. The average molecular weight is 303 g/mol. The molecule has 0 bridgehead atoms. The van der Waals surface area contributed by atoms with E-state index in [1.54, 1.807) is 10.4 Å². The van der Waals surface area contributed by atoms with E-state index in [0.29, 0.717) is 6.04 Å².